The maximum Gasteiger partial charge on any atom is 0.178 e. The Balaban J connectivity index is 1.91. The van der Waals surface area contributed by atoms with Crippen molar-refractivity contribution in [1.29, 1.82) is 0 Å². The summed E-state index contributed by atoms with van der Waals surface area (Å²) in [6.45, 7) is 5.78. The molecule has 0 saturated heterocycles. The quantitative estimate of drug-likeness (QED) is 0.583. The van der Waals surface area contributed by atoms with Crippen molar-refractivity contribution in [3.8, 4) is 0 Å². The summed E-state index contributed by atoms with van der Waals surface area (Å²) in [5, 5.41) is 9.78. The molecule has 3 rings (SSSR count). The number of benzene rings is 1. The molecule has 108 valence electrons. The first-order valence-electron chi connectivity index (χ1n) is 6.64. The number of hydrogen-bond donors (Lipinski definition) is 1. The molecule has 0 saturated carbocycles. The molecule has 0 aliphatic carbocycles. The first-order chi connectivity index (χ1) is 10.1. The Morgan fingerprint density at radius 1 is 1.29 bits per heavy atom. The summed E-state index contributed by atoms with van der Waals surface area (Å²) < 4.78 is 0.839. The molecule has 0 radical (unpaired) electrons. The van der Waals surface area contributed by atoms with Gasteiger partial charge in [0.05, 0.1) is 5.25 Å². The SMILES string of the molecule is Cc1nnc(SC(C)C(=O)c2c(C)[nH]c3ccccc23)s1. The molecule has 6 heteroatoms. The molecule has 1 aromatic carbocycles. The summed E-state index contributed by atoms with van der Waals surface area (Å²) in [5.74, 6) is 0.128. The lowest BCUT2D eigenvalue weighted by Gasteiger charge is -2.08. The van der Waals surface area contributed by atoms with Gasteiger partial charge in [-0.1, -0.05) is 41.3 Å². The van der Waals surface area contributed by atoms with Crippen LogP contribution < -0.4 is 0 Å². The molecule has 1 N–H and O–H groups in total. The molecular weight excluding hydrogens is 302 g/mol. The molecular formula is C15H15N3OS2. The first kappa shape index (κ1) is 14.3. The van der Waals surface area contributed by atoms with Crippen molar-refractivity contribution < 1.29 is 4.79 Å². The van der Waals surface area contributed by atoms with Crippen LogP contribution in [0.5, 0.6) is 0 Å². The predicted molar refractivity (Wildman–Crippen MR) is 87.3 cm³/mol. The number of hydrogen-bond acceptors (Lipinski definition) is 5. The standard InChI is InChI=1S/C15H15N3OS2/c1-8-13(11-6-4-5-7-12(11)16-8)14(19)9(2)20-15-18-17-10(3)21-15/h4-7,9,16H,1-3H3. The highest BCUT2D eigenvalue weighted by Gasteiger charge is 2.23. The third kappa shape index (κ3) is 2.73. The number of ketones is 1. The number of para-hydroxylation sites is 1. The van der Waals surface area contributed by atoms with Crippen LogP contribution in [0.2, 0.25) is 0 Å². The van der Waals surface area contributed by atoms with Gasteiger partial charge < -0.3 is 4.98 Å². The van der Waals surface area contributed by atoms with Gasteiger partial charge in [-0.05, 0) is 26.8 Å². The molecule has 0 aliphatic heterocycles. The average Bonchev–Trinajstić information content (AvgIpc) is 3.00. The zero-order valence-electron chi connectivity index (χ0n) is 12.0. The fourth-order valence-electron chi connectivity index (χ4n) is 2.33. The highest BCUT2D eigenvalue weighted by Crippen LogP contribution is 2.31. The molecule has 4 nitrogen and oxygen atoms in total. The molecule has 0 bridgehead atoms. The van der Waals surface area contributed by atoms with Gasteiger partial charge in [-0.25, -0.2) is 0 Å². The Bertz CT molecular complexity index is 806. The fraction of sp³-hybridized carbons (Fsp3) is 0.267. The van der Waals surface area contributed by atoms with Crippen molar-refractivity contribution in [3.63, 3.8) is 0 Å². The number of H-pyrrole nitrogens is 1. The number of carbonyl (C=O) groups excluding carboxylic acids is 1. The Hall–Kier alpha value is -1.66. The van der Waals surface area contributed by atoms with E-state index >= 15 is 0 Å². The minimum Gasteiger partial charge on any atom is -0.358 e. The lowest BCUT2D eigenvalue weighted by Crippen LogP contribution is -2.14. The van der Waals surface area contributed by atoms with Crippen LogP contribution in [0.15, 0.2) is 28.6 Å². The van der Waals surface area contributed by atoms with E-state index in [4.69, 9.17) is 0 Å². The molecule has 1 atom stereocenters. The first-order valence-corrected chi connectivity index (χ1v) is 8.34. The van der Waals surface area contributed by atoms with Crippen molar-refractivity contribution in [2.45, 2.75) is 30.4 Å². The maximum absolute atomic E-state index is 12.8. The normalized spacial score (nSPS) is 12.7. The lowest BCUT2D eigenvalue weighted by molar-refractivity contribution is 0.0995. The number of nitrogens with zero attached hydrogens (tertiary/aromatic N) is 2. The van der Waals surface area contributed by atoms with E-state index in [1.165, 1.54) is 23.1 Å². The minimum absolute atomic E-state index is 0.128. The van der Waals surface area contributed by atoms with Gasteiger partial charge in [0.2, 0.25) is 0 Å². The molecule has 2 aromatic heterocycles. The fourth-order valence-corrected chi connectivity index (χ4v) is 4.35. The van der Waals surface area contributed by atoms with Gasteiger partial charge in [0.1, 0.15) is 5.01 Å². The number of aryl methyl sites for hydroxylation is 2. The monoisotopic (exact) mass is 317 g/mol. The third-order valence-corrected chi connectivity index (χ3v) is 5.32. The summed E-state index contributed by atoms with van der Waals surface area (Å²) in [6.07, 6.45) is 0. The van der Waals surface area contributed by atoms with E-state index in [0.29, 0.717) is 0 Å². The molecule has 2 heterocycles. The summed E-state index contributed by atoms with van der Waals surface area (Å²) in [4.78, 5) is 16.0. The van der Waals surface area contributed by atoms with Crippen LogP contribution in [0.3, 0.4) is 0 Å². The van der Waals surface area contributed by atoms with Gasteiger partial charge in [0.25, 0.3) is 0 Å². The number of thioether (sulfide) groups is 1. The van der Waals surface area contributed by atoms with Crippen molar-refractivity contribution in [2.24, 2.45) is 0 Å². The topological polar surface area (TPSA) is 58.6 Å². The zero-order chi connectivity index (χ0) is 15.0. The molecule has 3 aromatic rings. The van der Waals surface area contributed by atoms with Gasteiger partial charge in [-0.3, -0.25) is 4.79 Å². The highest BCUT2D eigenvalue weighted by molar-refractivity contribution is 8.02. The second-order valence-corrected chi connectivity index (χ2v) is 7.65. The van der Waals surface area contributed by atoms with E-state index in [1.54, 1.807) is 0 Å². The molecule has 1 unspecified atom stereocenters. The molecule has 0 aliphatic rings. The van der Waals surface area contributed by atoms with Crippen molar-refractivity contribution in [1.82, 2.24) is 15.2 Å². The minimum atomic E-state index is -0.185. The predicted octanol–water partition coefficient (Wildman–Crippen LogP) is 4.00. The maximum atomic E-state index is 12.8. The second kappa shape index (κ2) is 5.61. The summed E-state index contributed by atoms with van der Waals surface area (Å²) in [7, 11) is 0. The van der Waals surface area contributed by atoms with Crippen LogP contribution in [-0.4, -0.2) is 26.2 Å². The number of nitrogens with one attached hydrogen (secondary N) is 1. The van der Waals surface area contributed by atoms with Gasteiger partial charge in [-0.2, -0.15) is 0 Å². The van der Waals surface area contributed by atoms with Crippen LogP contribution in [0.1, 0.15) is 28.0 Å². The van der Waals surface area contributed by atoms with E-state index < -0.39 is 0 Å². The number of aromatic nitrogens is 3. The smallest absolute Gasteiger partial charge is 0.178 e. The summed E-state index contributed by atoms with van der Waals surface area (Å²) >= 11 is 2.99. The Morgan fingerprint density at radius 2 is 2.05 bits per heavy atom. The number of carbonyl (C=O) groups is 1. The van der Waals surface area contributed by atoms with Gasteiger partial charge in [-0.15, -0.1) is 10.2 Å². The molecule has 0 amide bonds. The molecule has 21 heavy (non-hydrogen) atoms. The lowest BCUT2D eigenvalue weighted by atomic mass is 10.1. The number of aromatic amines is 1. The van der Waals surface area contributed by atoms with Gasteiger partial charge in [0.15, 0.2) is 10.1 Å². The van der Waals surface area contributed by atoms with E-state index in [0.717, 1.165) is 31.5 Å². The largest absolute Gasteiger partial charge is 0.358 e. The van der Waals surface area contributed by atoms with E-state index in [-0.39, 0.29) is 11.0 Å². The Labute approximate surface area is 131 Å². The van der Waals surface area contributed by atoms with Crippen LogP contribution in [-0.2, 0) is 0 Å². The van der Waals surface area contributed by atoms with Gasteiger partial charge in [0, 0.05) is 22.2 Å². The van der Waals surface area contributed by atoms with E-state index in [9.17, 15) is 4.79 Å². The van der Waals surface area contributed by atoms with Crippen LogP contribution in [0, 0.1) is 13.8 Å². The summed E-state index contributed by atoms with van der Waals surface area (Å²) in [6, 6.07) is 7.90. The number of rotatable bonds is 4. The molecule has 0 fully saturated rings. The molecule has 0 spiro atoms. The number of Topliss-reactive ketones (excluding diaryl/α,β-unsaturated/α-hetero) is 1. The Kier molecular flexibility index (Phi) is 3.82. The van der Waals surface area contributed by atoms with Crippen LogP contribution in [0.25, 0.3) is 10.9 Å². The van der Waals surface area contributed by atoms with Crippen molar-refractivity contribution >= 4 is 39.8 Å². The average molecular weight is 317 g/mol. The van der Waals surface area contributed by atoms with Crippen molar-refractivity contribution in [2.75, 3.05) is 0 Å². The van der Waals surface area contributed by atoms with Crippen LogP contribution >= 0.6 is 23.1 Å². The summed E-state index contributed by atoms with van der Waals surface area (Å²) in [5.41, 5.74) is 2.70. The van der Waals surface area contributed by atoms with Crippen LogP contribution in [0.4, 0.5) is 0 Å². The number of fused-ring (bicyclic) bond motifs is 1. The Morgan fingerprint density at radius 3 is 2.76 bits per heavy atom. The van der Waals surface area contributed by atoms with E-state index in [2.05, 4.69) is 15.2 Å². The van der Waals surface area contributed by atoms with Crippen molar-refractivity contribution in [3.05, 3.63) is 40.5 Å². The second-order valence-electron chi connectivity index (χ2n) is 4.88. The van der Waals surface area contributed by atoms with Gasteiger partial charge >= 0.3 is 0 Å². The highest BCUT2D eigenvalue weighted by atomic mass is 32.2. The van der Waals surface area contributed by atoms with E-state index in [1.807, 2.05) is 45.0 Å². The zero-order valence-corrected chi connectivity index (χ0v) is 13.6. The third-order valence-electron chi connectivity index (χ3n) is 3.29.